The van der Waals surface area contributed by atoms with E-state index >= 15 is 0 Å². The molecule has 0 unspecified atom stereocenters. The third kappa shape index (κ3) is 3.54. The first kappa shape index (κ1) is 16.7. The van der Waals surface area contributed by atoms with Crippen molar-refractivity contribution in [3.63, 3.8) is 0 Å². The lowest BCUT2D eigenvalue weighted by molar-refractivity contribution is 0.0729. The maximum absolute atomic E-state index is 13.6. The predicted molar refractivity (Wildman–Crippen MR) is 81.7 cm³/mol. The highest BCUT2D eigenvalue weighted by Crippen LogP contribution is 2.34. The number of rotatable bonds is 4. The van der Waals surface area contributed by atoms with Crippen molar-refractivity contribution < 1.29 is 17.9 Å². The van der Waals surface area contributed by atoms with Crippen LogP contribution in [0.25, 0.3) is 0 Å². The number of likely N-dealkylation sites (N-methyl/N-ethyl adjacent to an activating group) is 1. The highest BCUT2D eigenvalue weighted by atomic mass is 19.2. The first-order chi connectivity index (χ1) is 11.1. The van der Waals surface area contributed by atoms with Crippen LogP contribution in [-0.2, 0) is 4.74 Å². The molecule has 1 aromatic rings. The van der Waals surface area contributed by atoms with Gasteiger partial charge in [0.05, 0.1) is 6.04 Å². The highest BCUT2D eigenvalue weighted by Gasteiger charge is 2.36. The molecular formula is C17H23F3N2O. The van der Waals surface area contributed by atoms with Crippen LogP contribution < -0.4 is 5.32 Å². The van der Waals surface area contributed by atoms with Gasteiger partial charge in [-0.15, -0.1) is 0 Å². The maximum Gasteiger partial charge on any atom is 0.194 e. The van der Waals surface area contributed by atoms with Gasteiger partial charge in [-0.05, 0) is 43.5 Å². The van der Waals surface area contributed by atoms with Crippen LogP contribution in [0.3, 0.4) is 0 Å². The molecule has 3 nitrogen and oxygen atoms in total. The lowest BCUT2D eigenvalue weighted by Gasteiger charge is -2.32. The van der Waals surface area contributed by atoms with Gasteiger partial charge in [-0.2, -0.15) is 0 Å². The topological polar surface area (TPSA) is 24.5 Å². The van der Waals surface area contributed by atoms with E-state index in [1.807, 2.05) is 6.92 Å². The molecule has 0 radical (unpaired) electrons. The molecule has 1 aromatic carbocycles. The Morgan fingerprint density at radius 2 is 1.78 bits per heavy atom. The molecule has 0 aliphatic carbocycles. The van der Waals surface area contributed by atoms with Crippen molar-refractivity contribution in [1.82, 2.24) is 10.2 Å². The number of ether oxygens (including phenoxy) is 1. The van der Waals surface area contributed by atoms with Crippen LogP contribution in [0.5, 0.6) is 0 Å². The molecule has 0 bridgehead atoms. The Hall–Kier alpha value is -1.11. The molecule has 3 rings (SSSR count). The van der Waals surface area contributed by atoms with E-state index in [0.717, 1.165) is 57.7 Å². The third-order valence-corrected chi connectivity index (χ3v) is 4.93. The Bertz CT molecular complexity index is 526. The second kappa shape index (κ2) is 7.20. The summed E-state index contributed by atoms with van der Waals surface area (Å²) < 4.78 is 45.9. The quantitative estimate of drug-likeness (QED) is 0.860. The van der Waals surface area contributed by atoms with Crippen LogP contribution in [0, 0.1) is 17.5 Å². The Morgan fingerprint density at radius 1 is 1.13 bits per heavy atom. The SMILES string of the molecule is CCN1CC[C@@H](NC2CCOCC2)[C@@H]1c1cc(F)c(F)c(F)c1. The predicted octanol–water partition coefficient (Wildman–Crippen LogP) is 3.01. The van der Waals surface area contributed by atoms with E-state index in [2.05, 4.69) is 10.2 Å². The maximum atomic E-state index is 13.6. The van der Waals surface area contributed by atoms with Gasteiger partial charge < -0.3 is 10.1 Å². The van der Waals surface area contributed by atoms with E-state index in [1.54, 1.807) is 0 Å². The molecule has 0 amide bonds. The zero-order valence-corrected chi connectivity index (χ0v) is 13.3. The molecule has 23 heavy (non-hydrogen) atoms. The first-order valence-electron chi connectivity index (χ1n) is 8.32. The molecule has 2 atom stereocenters. The number of likely N-dealkylation sites (tertiary alicyclic amines) is 1. The van der Waals surface area contributed by atoms with Crippen molar-refractivity contribution >= 4 is 0 Å². The summed E-state index contributed by atoms with van der Waals surface area (Å²) in [7, 11) is 0. The van der Waals surface area contributed by atoms with Crippen molar-refractivity contribution in [1.29, 1.82) is 0 Å². The molecule has 1 N–H and O–H groups in total. The zero-order chi connectivity index (χ0) is 16.4. The van der Waals surface area contributed by atoms with E-state index in [0.29, 0.717) is 11.6 Å². The number of hydrogen-bond donors (Lipinski definition) is 1. The second-order valence-electron chi connectivity index (χ2n) is 6.32. The van der Waals surface area contributed by atoms with E-state index in [4.69, 9.17) is 4.74 Å². The summed E-state index contributed by atoms with van der Waals surface area (Å²) in [6.45, 7) is 5.17. The molecule has 0 aromatic heterocycles. The second-order valence-corrected chi connectivity index (χ2v) is 6.32. The van der Waals surface area contributed by atoms with Crippen LogP contribution in [0.15, 0.2) is 12.1 Å². The molecule has 2 aliphatic rings. The first-order valence-corrected chi connectivity index (χ1v) is 8.32. The Balaban J connectivity index is 1.82. The molecule has 0 spiro atoms. The number of nitrogens with zero attached hydrogens (tertiary/aromatic N) is 1. The number of benzene rings is 1. The lowest BCUT2D eigenvalue weighted by Crippen LogP contribution is -2.44. The monoisotopic (exact) mass is 328 g/mol. The Kier molecular flexibility index (Phi) is 5.24. The van der Waals surface area contributed by atoms with Crippen molar-refractivity contribution in [2.45, 2.75) is 44.3 Å². The van der Waals surface area contributed by atoms with Gasteiger partial charge in [-0.25, -0.2) is 13.2 Å². The fourth-order valence-electron chi connectivity index (χ4n) is 3.74. The van der Waals surface area contributed by atoms with Crippen molar-refractivity contribution in [3.05, 3.63) is 35.1 Å². The van der Waals surface area contributed by atoms with Crippen LogP contribution >= 0.6 is 0 Å². The number of halogens is 3. The smallest absolute Gasteiger partial charge is 0.194 e. The fraction of sp³-hybridized carbons (Fsp3) is 0.647. The zero-order valence-electron chi connectivity index (χ0n) is 13.3. The Morgan fingerprint density at radius 3 is 2.39 bits per heavy atom. The van der Waals surface area contributed by atoms with Gasteiger partial charge in [-0.1, -0.05) is 6.92 Å². The van der Waals surface area contributed by atoms with Gasteiger partial charge in [0.25, 0.3) is 0 Å². The standard InChI is InChI=1S/C17H23F3N2O/c1-2-22-6-3-15(21-12-4-7-23-8-5-12)17(22)11-9-13(18)16(20)14(19)10-11/h9-10,12,15,17,21H,2-8H2,1H3/t15-,17+/m1/s1. The summed E-state index contributed by atoms with van der Waals surface area (Å²) in [6, 6.07) is 2.61. The van der Waals surface area contributed by atoms with E-state index in [9.17, 15) is 13.2 Å². The van der Waals surface area contributed by atoms with Crippen LogP contribution in [0.2, 0.25) is 0 Å². The average Bonchev–Trinajstić information content (AvgIpc) is 2.95. The largest absolute Gasteiger partial charge is 0.381 e. The Labute approximate surface area is 134 Å². The van der Waals surface area contributed by atoms with Gasteiger partial charge in [0.1, 0.15) is 0 Å². The van der Waals surface area contributed by atoms with Gasteiger partial charge in [0.15, 0.2) is 17.5 Å². The van der Waals surface area contributed by atoms with Crippen LogP contribution in [-0.4, -0.2) is 43.3 Å². The van der Waals surface area contributed by atoms with Crippen molar-refractivity contribution in [2.75, 3.05) is 26.3 Å². The van der Waals surface area contributed by atoms with Crippen molar-refractivity contribution in [3.8, 4) is 0 Å². The van der Waals surface area contributed by atoms with Crippen molar-refractivity contribution in [2.24, 2.45) is 0 Å². The molecule has 0 saturated carbocycles. The highest BCUT2D eigenvalue weighted by molar-refractivity contribution is 5.25. The van der Waals surface area contributed by atoms with E-state index in [1.165, 1.54) is 0 Å². The molecule has 128 valence electrons. The molecule has 6 heteroatoms. The van der Waals surface area contributed by atoms with Gasteiger partial charge in [0, 0.05) is 31.8 Å². The minimum atomic E-state index is -1.40. The summed E-state index contributed by atoms with van der Waals surface area (Å²) in [5, 5.41) is 3.62. The van der Waals surface area contributed by atoms with Gasteiger partial charge in [0.2, 0.25) is 0 Å². The van der Waals surface area contributed by atoms with E-state index in [-0.39, 0.29) is 12.1 Å². The minimum absolute atomic E-state index is 0.113. The summed E-state index contributed by atoms with van der Waals surface area (Å²) in [4.78, 5) is 2.18. The molecule has 2 fully saturated rings. The van der Waals surface area contributed by atoms with Gasteiger partial charge in [-0.3, -0.25) is 4.90 Å². The molecule has 2 heterocycles. The summed E-state index contributed by atoms with van der Waals surface area (Å²) in [6.07, 6.45) is 2.81. The molecular weight excluding hydrogens is 305 g/mol. The lowest BCUT2D eigenvalue weighted by atomic mass is 9.97. The third-order valence-electron chi connectivity index (χ3n) is 4.93. The summed E-state index contributed by atoms with van der Waals surface area (Å²) in [5.41, 5.74) is 0.505. The normalized spacial score (nSPS) is 26.8. The van der Waals surface area contributed by atoms with Crippen LogP contribution in [0.1, 0.15) is 37.8 Å². The van der Waals surface area contributed by atoms with Crippen LogP contribution in [0.4, 0.5) is 13.2 Å². The molecule has 2 saturated heterocycles. The number of hydrogen-bond acceptors (Lipinski definition) is 3. The summed E-state index contributed by atoms with van der Waals surface area (Å²) in [5.74, 6) is -3.63. The summed E-state index contributed by atoms with van der Waals surface area (Å²) >= 11 is 0. The minimum Gasteiger partial charge on any atom is -0.381 e. The van der Waals surface area contributed by atoms with Gasteiger partial charge >= 0.3 is 0 Å². The average molecular weight is 328 g/mol. The molecule has 2 aliphatic heterocycles. The fourth-order valence-corrected chi connectivity index (χ4v) is 3.74. The number of nitrogens with one attached hydrogen (secondary N) is 1. The van der Waals surface area contributed by atoms with E-state index < -0.39 is 17.5 Å².